The zero-order chi connectivity index (χ0) is 21.1. The molecule has 4 rings (SSSR count). The van der Waals surface area contributed by atoms with E-state index in [0.717, 1.165) is 24.2 Å². The first-order chi connectivity index (χ1) is 14.6. The Morgan fingerprint density at radius 1 is 0.800 bits per heavy atom. The topological polar surface area (TPSA) is 17.8 Å². The number of hydrogen-bond acceptors (Lipinski definition) is 1. The zero-order valence-electron chi connectivity index (χ0n) is 18.4. The molecule has 0 saturated carbocycles. The van der Waals surface area contributed by atoms with Crippen molar-refractivity contribution in [2.75, 3.05) is 0 Å². The summed E-state index contributed by atoms with van der Waals surface area (Å²) in [7, 11) is 0. The Morgan fingerprint density at radius 2 is 1.57 bits per heavy atom. The van der Waals surface area contributed by atoms with Crippen molar-refractivity contribution in [3.05, 3.63) is 95.8 Å². The quantitative estimate of drug-likeness (QED) is 0.332. The normalized spacial score (nSPS) is 11.2. The second-order valence-corrected chi connectivity index (χ2v) is 8.12. The molecular weight excluding hydrogens is 364 g/mol. The Labute approximate surface area is 180 Å². The van der Waals surface area contributed by atoms with Crippen LogP contribution in [0.3, 0.4) is 0 Å². The lowest BCUT2D eigenvalue weighted by Crippen LogP contribution is -2.07. The number of hydrogen-bond donors (Lipinski definition) is 0. The molecule has 2 heteroatoms. The van der Waals surface area contributed by atoms with Gasteiger partial charge in [0, 0.05) is 18.0 Å². The van der Waals surface area contributed by atoms with E-state index in [0.29, 0.717) is 5.92 Å². The second-order valence-electron chi connectivity index (χ2n) is 8.12. The molecule has 0 fully saturated rings. The highest BCUT2D eigenvalue weighted by atomic mass is 15.1. The molecule has 0 amide bonds. The first-order valence-corrected chi connectivity index (χ1v) is 11.0. The largest absolute Gasteiger partial charge is 0.299 e. The number of aryl methyl sites for hydroxylation is 2. The summed E-state index contributed by atoms with van der Waals surface area (Å²) in [5.41, 5.74) is 9.11. The van der Waals surface area contributed by atoms with Gasteiger partial charge in [-0.1, -0.05) is 82.3 Å². The van der Waals surface area contributed by atoms with E-state index in [2.05, 4.69) is 99.1 Å². The van der Waals surface area contributed by atoms with Crippen molar-refractivity contribution >= 4 is 0 Å². The Balaban J connectivity index is 1.93. The van der Waals surface area contributed by atoms with Gasteiger partial charge in [0.05, 0.1) is 5.69 Å². The Hall–Kier alpha value is -3.13. The maximum absolute atomic E-state index is 4.70. The summed E-state index contributed by atoms with van der Waals surface area (Å²) in [6, 6.07) is 24.1. The van der Waals surface area contributed by atoms with E-state index in [1.807, 2.05) is 12.3 Å². The standard InChI is InChI=1S/C28H30N2/c1-5-21-11-10-14-24(17-21)25-18-22(6-2)27(26(19-25)20(3)4)30-16-15-29-28(30)23-12-8-7-9-13-23/h7-20H,5-6H2,1-4H3. The van der Waals surface area contributed by atoms with Gasteiger partial charge in [-0.2, -0.15) is 0 Å². The van der Waals surface area contributed by atoms with E-state index in [-0.39, 0.29) is 0 Å². The van der Waals surface area contributed by atoms with Gasteiger partial charge < -0.3 is 0 Å². The number of nitrogens with zero attached hydrogens (tertiary/aromatic N) is 2. The Kier molecular flexibility index (Phi) is 5.85. The third-order valence-corrected chi connectivity index (χ3v) is 5.80. The minimum Gasteiger partial charge on any atom is -0.299 e. The van der Waals surface area contributed by atoms with Gasteiger partial charge in [-0.3, -0.25) is 4.57 Å². The third kappa shape index (κ3) is 3.82. The van der Waals surface area contributed by atoms with E-state index in [4.69, 9.17) is 4.98 Å². The van der Waals surface area contributed by atoms with Crippen LogP contribution in [0.5, 0.6) is 0 Å². The molecule has 0 aliphatic heterocycles. The van der Waals surface area contributed by atoms with E-state index in [9.17, 15) is 0 Å². The third-order valence-electron chi connectivity index (χ3n) is 5.80. The molecule has 0 aliphatic carbocycles. The maximum Gasteiger partial charge on any atom is 0.144 e. The van der Waals surface area contributed by atoms with Crippen molar-refractivity contribution in [2.45, 2.75) is 46.5 Å². The van der Waals surface area contributed by atoms with Gasteiger partial charge in [0.25, 0.3) is 0 Å². The second kappa shape index (κ2) is 8.71. The van der Waals surface area contributed by atoms with Gasteiger partial charge in [-0.15, -0.1) is 0 Å². The average Bonchev–Trinajstić information content (AvgIpc) is 3.28. The lowest BCUT2D eigenvalue weighted by Gasteiger charge is -2.21. The van der Waals surface area contributed by atoms with Gasteiger partial charge in [0.15, 0.2) is 0 Å². The molecule has 152 valence electrons. The highest BCUT2D eigenvalue weighted by molar-refractivity contribution is 5.71. The van der Waals surface area contributed by atoms with E-state index in [1.165, 1.54) is 33.5 Å². The van der Waals surface area contributed by atoms with Crippen LogP contribution in [-0.2, 0) is 12.8 Å². The molecule has 0 aliphatic rings. The van der Waals surface area contributed by atoms with Crippen LogP contribution in [-0.4, -0.2) is 9.55 Å². The molecule has 0 unspecified atom stereocenters. The molecule has 0 atom stereocenters. The molecule has 1 heterocycles. The van der Waals surface area contributed by atoms with Crippen molar-refractivity contribution in [3.8, 4) is 28.2 Å². The summed E-state index contributed by atoms with van der Waals surface area (Å²) in [6.07, 6.45) is 6.03. The van der Waals surface area contributed by atoms with Crippen LogP contribution < -0.4 is 0 Å². The minimum absolute atomic E-state index is 0.408. The number of aromatic nitrogens is 2. The lowest BCUT2D eigenvalue weighted by atomic mass is 9.90. The maximum atomic E-state index is 4.70. The van der Waals surface area contributed by atoms with Crippen LogP contribution in [0.2, 0.25) is 0 Å². The predicted octanol–water partition coefficient (Wildman–Crippen LogP) is 7.45. The first-order valence-electron chi connectivity index (χ1n) is 11.0. The molecule has 4 aromatic rings. The van der Waals surface area contributed by atoms with E-state index < -0.39 is 0 Å². The number of rotatable bonds is 6. The van der Waals surface area contributed by atoms with Gasteiger partial charge in [0.1, 0.15) is 5.82 Å². The summed E-state index contributed by atoms with van der Waals surface area (Å²) in [5, 5.41) is 0. The molecule has 0 saturated heterocycles. The predicted molar refractivity (Wildman–Crippen MR) is 127 cm³/mol. The van der Waals surface area contributed by atoms with Crippen molar-refractivity contribution in [1.29, 1.82) is 0 Å². The summed E-state index contributed by atoms with van der Waals surface area (Å²) < 4.78 is 2.27. The summed E-state index contributed by atoms with van der Waals surface area (Å²) in [5.74, 6) is 1.40. The smallest absolute Gasteiger partial charge is 0.144 e. The molecule has 0 N–H and O–H groups in total. The van der Waals surface area contributed by atoms with Crippen molar-refractivity contribution in [3.63, 3.8) is 0 Å². The lowest BCUT2D eigenvalue weighted by molar-refractivity contribution is 0.839. The highest BCUT2D eigenvalue weighted by Gasteiger charge is 2.18. The van der Waals surface area contributed by atoms with Crippen molar-refractivity contribution in [1.82, 2.24) is 9.55 Å². The van der Waals surface area contributed by atoms with Crippen molar-refractivity contribution in [2.24, 2.45) is 0 Å². The molecule has 2 nitrogen and oxygen atoms in total. The van der Waals surface area contributed by atoms with Crippen LogP contribution in [0.4, 0.5) is 0 Å². The van der Waals surface area contributed by atoms with Crippen LogP contribution in [0.1, 0.15) is 50.3 Å². The average molecular weight is 395 g/mol. The van der Waals surface area contributed by atoms with Crippen molar-refractivity contribution < 1.29 is 0 Å². The molecule has 3 aromatic carbocycles. The zero-order valence-corrected chi connectivity index (χ0v) is 18.4. The molecule has 1 aromatic heterocycles. The summed E-state index contributed by atoms with van der Waals surface area (Å²) in [6.45, 7) is 9.02. The molecular formula is C28H30N2. The number of benzene rings is 3. The van der Waals surface area contributed by atoms with E-state index >= 15 is 0 Å². The van der Waals surface area contributed by atoms with Crippen LogP contribution >= 0.6 is 0 Å². The van der Waals surface area contributed by atoms with Crippen LogP contribution in [0.15, 0.2) is 79.1 Å². The van der Waals surface area contributed by atoms with Gasteiger partial charge >= 0.3 is 0 Å². The monoisotopic (exact) mass is 394 g/mol. The fraction of sp³-hybridized carbons (Fsp3) is 0.250. The summed E-state index contributed by atoms with van der Waals surface area (Å²) in [4.78, 5) is 4.70. The molecule has 0 spiro atoms. The summed E-state index contributed by atoms with van der Waals surface area (Å²) >= 11 is 0. The fourth-order valence-electron chi connectivity index (χ4n) is 4.14. The van der Waals surface area contributed by atoms with Crippen LogP contribution in [0, 0.1) is 0 Å². The SMILES string of the molecule is CCc1cccc(-c2cc(CC)c(-n3ccnc3-c3ccccc3)c(C(C)C)c2)c1. The molecule has 0 bridgehead atoms. The fourth-order valence-corrected chi connectivity index (χ4v) is 4.14. The van der Waals surface area contributed by atoms with Gasteiger partial charge in [-0.25, -0.2) is 4.98 Å². The van der Waals surface area contributed by atoms with Gasteiger partial charge in [-0.05, 0) is 58.7 Å². The number of imidazole rings is 1. The Bertz CT molecular complexity index is 1140. The first kappa shape index (κ1) is 20.2. The minimum atomic E-state index is 0.408. The highest BCUT2D eigenvalue weighted by Crippen LogP contribution is 2.35. The Morgan fingerprint density at radius 3 is 2.27 bits per heavy atom. The van der Waals surface area contributed by atoms with E-state index in [1.54, 1.807) is 0 Å². The molecule has 0 radical (unpaired) electrons. The van der Waals surface area contributed by atoms with Crippen LogP contribution in [0.25, 0.3) is 28.2 Å². The molecule has 30 heavy (non-hydrogen) atoms. The van der Waals surface area contributed by atoms with Gasteiger partial charge in [0.2, 0.25) is 0 Å².